The Labute approximate surface area is 70.9 Å². The van der Waals surface area contributed by atoms with Crippen LogP contribution >= 0.6 is 11.9 Å². The van der Waals surface area contributed by atoms with Gasteiger partial charge in [-0.3, -0.25) is 0 Å². The van der Waals surface area contributed by atoms with E-state index in [-0.39, 0.29) is 0 Å². The summed E-state index contributed by atoms with van der Waals surface area (Å²) >= 11 is 0.939. The number of hydrogen-bond donors (Lipinski definition) is 1. The highest BCUT2D eigenvalue weighted by Gasteiger charge is 2.12. The van der Waals surface area contributed by atoms with E-state index in [0.29, 0.717) is 0 Å². The largest absolute Gasteiger partial charge is 0.472 e. The van der Waals surface area contributed by atoms with Gasteiger partial charge in [-0.25, -0.2) is 9.10 Å². The SMILES string of the molecule is O=C(O)SN1CCCCCC1. The Morgan fingerprint density at radius 3 is 2.18 bits per heavy atom. The van der Waals surface area contributed by atoms with Gasteiger partial charge < -0.3 is 5.11 Å². The Morgan fingerprint density at radius 2 is 1.73 bits per heavy atom. The maximum Gasteiger partial charge on any atom is 0.380 e. The highest BCUT2D eigenvalue weighted by molar-refractivity contribution is 8.11. The zero-order chi connectivity index (χ0) is 8.10. The van der Waals surface area contributed by atoms with Crippen LogP contribution in [0.15, 0.2) is 0 Å². The van der Waals surface area contributed by atoms with Gasteiger partial charge in [0.25, 0.3) is 0 Å². The van der Waals surface area contributed by atoms with Crippen LogP contribution in [0.1, 0.15) is 25.7 Å². The molecule has 1 N–H and O–H groups in total. The summed E-state index contributed by atoms with van der Waals surface area (Å²) < 4.78 is 1.94. The van der Waals surface area contributed by atoms with Crippen LogP contribution in [0.3, 0.4) is 0 Å². The van der Waals surface area contributed by atoms with E-state index in [1.807, 2.05) is 4.31 Å². The van der Waals surface area contributed by atoms with Crippen molar-refractivity contribution in [2.24, 2.45) is 0 Å². The van der Waals surface area contributed by atoms with Gasteiger partial charge in [-0.15, -0.1) is 0 Å². The summed E-state index contributed by atoms with van der Waals surface area (Å²) in [6.07, 6.45) is 4.77. The fourth-order valence-electron chi connectivity index (χ4n) is 1.24. The molecular formula is C7H13NO2S. The molecule has 1 rings (SSSR count). The fraction of sp³-hybridized carbons (Fsp3) is 0.857. The lowest BCUT2D eigenvalue weighted by atomic mass is 10.2. The number of carbonyl (C=O) groups is 1. The maximum absolute atomic E-state index is 10.3. The molecular weight excluding hydrogens is 162 g/mol. The molecule has 1 fully saturated rings. The average Bonchev–Trinajstić information content (AvgIpc) is 2.14. The van der Waals surface area contributed by atoms with Crippen molar-refractivity contribution in [3.63, 3.8) is 0 Å². The minimum absolute atomic E-state index is 0.785. The Morgan fingerprint density at radius 1 is 1.18 bits per heavy atom. The Hall–Kier alpha value is -0.220. The lowest BCUT2D eigenvalue weighted by molar-refractivity contribution is 0.221. The first kappa shape index (κ1) is 8.87. The second-order valence-corrected chi connectivity index (χ2v) is 3.75. The van der Waals surface area contributed by atoms with Crippen LogP contribution in [0.25, 0.3) is 0 Å². The zero-order valence-corrected chi connectivity index (χ0v) is 7.27. The van der Waals surface area contributed by atoms with Crippen LogP contribution in [-0.2, 0) is 0 Å². The van der Waals surface area contributed by atoms with E-state index in [0.717, 1.165) is 37.9 Å². The number of nitrogens with zero attached hydrogens (tertiary/aromatic N) is 1. The molecule has 11 heavy (non-hydrogen) atoms. The van der Waals surface area contributed by atoms with Gasteiger partial charge in [-0.05, 0) is 12.8 Å². The third-order valence-electron chi connectivity index (χ3n) is 1.77. The summed E-state index contributed by atoms with van der Waals surface area (Å²) in [6.45, 7) is 1.86. The molecule has 0 bridgehead atoms. The van der Waals surface area contributed by atoms with Crippen molar-refractivity contribution in [3.8, 4) is 0 Å². The zero-order valence-electron chi connectivity index (χ0n) is 6.45. The predicted molar refractivity (Wildman–Crippen MR) is 45.7 cm³/mol. The molecule has 64 valence electrons. The quantitative estimate of drug-likeness (QED) is 0.620. The van der Waals surface area contributed by atoms with Crippen molar-refractivity contribution in [2.45, 2.75) is 25.7 Å². The highest BCUT2D eigenvalue weighted by Crippen LogP contribution is 2.17. The van der Waals surface area contributed by atoms with Crippen LogP contribution in [0.4, 0.5) is 4.79 Å². The minimum atomic E-state index is -0.785. The van der Waals surface area contributed by atoms with Gasteiger partial charge in [0.1, 0.15) is 0 Å². The number of carboxylic acid groups (broad SMARTS) is 1. The van der Waals surface area contributed by atoms with Crippen LogP contribution in [0.2, 0.25) is 0 Å². The molecule has 0 unspecified atom stereocenters. The molecule has 0 amide bonds. The first-order valence-corrected chi connectivity index (χ1v) is 4.72. The van der Waals surface area contributed by atoms with Crippen molar-refractivity contribution in [3.05, 3.63) is 0 Å². The lowest BCUT2D eigenvalue weighted by Gasteiger charge is -2.14. The topological polar surface area (TPSA) is 40.5 Å². The van der Waals surface area contributed by atoms with Gasteiger partial charge in [0.2, 0.25) is 0 Å². The van der Waals surface area contributed by atoms with E-state index in [4.69, 9.17) is 5.11 Å². The van der Waals surface area contributed by atoms with E-state index in [1.165, 1.54) is 12.8 Å². The van der Waals surface area contributed by atoms with E-state index >= 15 is 0 Å². The molecule has 0 aliphatic carbocycles. The van der Waals surface area contributed by atoms with E-state index in [9.17, 15) is 4.79 Å². The Balaban J connectivity index is 2.25. The molecule has 1 aliphatic rings. The predicted octanol–water partition coefficient (Wildman–Crippen LogP) is 2.19. The average molecular weight is 175 g/mol. The van der Waals surface area contributed by atoms with Gasteiger partial charge in [-0.2, -0.15) is 0 Å². The molecule has 0 aromatic carbocycles. The summed E-state index contributed by atoms with van der Waals surface area (Å²) in [5, 5.41) is 7.69. The smallest absolute Gasteiger partial charge is 0.380 e. The normalized spacial score (nSPS) is 21.1. The fourth-order valence-corrected chi connectivity index (χ4v) is 1.91. The van der Waals surface area contributed by atoms with Crippen LogP contribution in [0, 0.1) is 0 Å². The summed E-state index contributed by atoms with van der Waals surface area (Å²) in [5.41, 5.74) is 0. The van der Waals surface area contributed by atoms with Crippen LogP contribution in [0.5, 0.6) is 0 Å². The Bertz CT molecular complexity index is 132. The molecule has 0 atom stereocenters. The maximum atomic E-state index is 10.3. The molecule has 1 saturated heterocycles. The van der Waals surface area contributed by atoms with E-state index < -0.39 is 5.30 Å². The third kappa shape index (κ3) is 3.62. The molecule has 0 spiro atoms. The molecule has 4 heteroatoms. The summed E-state index contributed by atoms with van der Waals surface area (Å²) in [4.78, 5) is 10.3. The Kier molecular flexibility index (Phi) is 3.72. The second kappa shape index (κ2) is 4.62. The monoisotopic (exact) mass is 175 g/mol. The van der Waals surface area contributed by atoms with Crippen molar-refractivity contribution < 1.29 is 9.90 Å². The van der Waals surface area contributed by atoms with Gasteiger partial charge >= 0.3 is 5.30 Å². The summed E-state index contributed by atoms with van der Waals surface area (Å²) in [6, 6.07) is 0. The second-order valence-electron chi connectivity index (χ2n) is 2.70. The van der Waals surface area contributed by atoms with Crippen molar-refractivity contribution >= 4 is 17.2 Å². The van der Waals surface area contributed by atoms with Crippen molar-refractivity contribution in [1.82, 2.24) is 4.31 Å². The van der Waals surface area contributed by atoms with Crippen LogP contribution < -0.4 is 0 Å². The first-order chi connectivity index (χ1) is 5.29. The molecule has 0 saturated carbocycles. The van der Waals surface area contributed by atoms with Gasteiger partial charge in [0, 0.05) is 25.0 Å². The van der Waals surface area contributed by atoms with Gasteiger partial charge in [-0.1, -0.05) is 12.8 Å². The van der Waals surface area contributed by atoms with E-state index in [1.54, 1.807) is 0 Å². The highest BCUT2D eigenvalue weighted by atomic mass is 32.2. The summed E-state index contributed by atoms with van der Waals surface area (Å²) in [5.74, 6) is 0. The van der Waals surface area contributed by atoms with E-state index in [2.05, 4.69) is 0 Å². The number of rotatable bonds is 1. The molecule has 0 aromatic heterocycles. The lowest BCUT2D eigenvalue weighted by Crippen LogP contribution is -2.18. The van der Waals surface area contributed by atoms with Crippen molar-refractivity contribution in [2.75, 3.05) is 13.1 Å². The molecule has 3 nitrogen and oxygen atoms in total. The number of hydrogen-bond acceptors (Lipinski definition) is 3. The molecule has 0 aromatic rings. The minimum Gasteiger partial charge on any atom is -0.472 e. The molecule has 0 radical (unpaired) electrons. The molecule has 1 heterocycles. The van der Waals surface area contributed by atoms with Gasteiger partial charge in [0.05, 0.1) is 0 Å². The van der Waals surface area contributed by atoms with Gasteiger partial charge in [0.15, 0.2) is 0 Å². The first-order valence-electron chi connectivity index (χ1n) is 3.95. The third-order valence-corrected chi connectivity index (χ3v) is 2.55. The van der Waals surface area contributed by atoms with Crippen molar-refractivity contribution in [1.29, 1.82) is 0 Å². The standard InChI is InChI=1S/C7H13NO2S/c9-7(10)11-8-5-3-1-2-4-6-8/h1-6H2,(H,9,10). The van der Waals surface area contributed by atoms with Crippen LogP contribution in [-0.4, -0.2) is 27.8 Å². The summed E-state index contributed by atoms with van der Waals surface area (Å²) in [7, 11) is 0. The molecule has 1 aliphatic heterocycles.